The van der Waals surface area contributed by atoms with Gasteiger partial charge in [-0.2, -0.15) is 5.10 Å². The van der Waals surface area contributed by atoms with Crippen LogP contribution >= 0.6 is 15.9 Å². The molecule has 1 heterocycles. The molecule has 1 aromatic rings. The smallest absolute Gasteiger partial charge is 0.0632 e. The van der Waals surface area contributed by atoms with E-state index < -0.39 is 0 Å². The number of nitrogens with one attached hydrogen (secondary N) is 1. The highest BCUT2D eigenvalue weighted by atomic mass is 79.9. The predicted octanol–water partition coefficient (Wildman–Crippen LogP) is 1.71. The van der Waals surface area contributed by atoms with E-state index in [0.29, 0.717) is 6.04 Å². The summed E-state index contributed by atoms with van der Waals surface area (Å²) in [6.45, 7) is 0.197. The third-order valence-electron chi connectivity index (χ3n) is 3.60. The summed E-state index contributed by atoms with van der Waals surface area (Å²) >= 11 is 3.41. The SMILES string of the molecule is CNC1(CO)CCCC(n2cc(Br)cn2)C1. The molecule has 1 fully saturated rings. The van der Waals surface area contributed by atoms with Crippen molar-refractivity contribution in [1.29, 1.82) is 0 Å². The fourth-order valence-corrected chi connectivity index (χ4v) is 2.82. The van der Waals surface area contributed by atoms with Crippen molar-refractivity contribution in [3.8, 4) is 0 Å². The number of hydrogen-bond donors (Lipinski definition) is 2. The van der Waals surface area contributed by atoms with Gasteiger partial charge in [0.25, 0.3) is 0 Å². The number of hydrogen-bond acceptors (Lipinski definition) is 3. The van der Waals surface area contributed by atoms with Crippen LogP contribution in [0.2, 0.25) is 0 Å². The molecule has 0 aliphatic heterocycles. The monoisotopic (exact) mass is 287 g/mol. The molecule has 2 unspecified atom stereocenters. The lowest BCUT2D eigenvalue weighted by Crippen LogP contribution is -2.50. The summed E-state index contributed by atoms with van der Waals surface area (Å²) in [4.78, 5) is 0. The van der Waals surface area contributed by atoms with Gasteiger partial charge in [-0.3, -0.25) is 4.68 Å². The summed E-state index contributed by atoms with van der Waals surface area (Å²) in [5.74, 6) is 0. The van der Waals surface area contributed by atoms with E-state index in [1.807, 2.05) is 24.1 Å². The summed E-state index contributed by atoms with van der Waals surface area (Å²) in [6, 6.07) is 0.389. The van der Waals surface area contributed by atoms with Crippen molar-refractivity contribution in [3.63, 3.8) is 0 Å². The van der Waals surface area contributed by atoms with E-state index in [4.69, 9.17) is 0 Å². The average Bonchev–Trinajstić information content (AvgIpc) is 2.76. The molecule has 1 aromatic heterocycles. The fraction of sp³-hybridized carbons (Fsp3) is 0.727. The van der Waals surface area contributed by atoms with Crippen LogP contribution in [0.1, 0.15) is 31.7 Å². The van der Waals surface area contributed by atoms with Crippen molar-refractivity contribution in [1.82, 2.24) is 15.1 Å². The van der Waals surface area contributed by atoms with Gasteiger partial charge in [0.05, 0.1) is 23.3 Å². The highest BCUT2D eigenvalue weighted by molar-refractivity contribution is 9.10. The molecular formula is C11H18BrN3O. The van der Waals surface area contributed by atoms with E-state index >= 15 is 0 Å². The maximum atomic E-state index is 9.51. The minimum absolute atomic E-state index is 0.124. The Morgan fingerprint density at radius 3 is 3.12 bits per heavy atom. The minimum Gasteiger partial charge on any atom is -0.394 e. The number of nitrogens with zero attached hydrogens (tertiary/aromatic N) is 2. The van der Waals surface area contributed by atoms with Crippen molar-refractivity contribution >= 4 is 15.9 Å². The number of aromatic nitrogens is 2. The Hall–Kier alpha value is -0.390. The maximum absolute atomic E-state index is 9.51. The molecule has 1 aliphatic rings. The second-order valence-corrected chi connectivity index (χ2v) is 5.49. The Morgan fingerprint density at radius 2 is 2.56 bits per heavy atom. The number of halogens is 1. The van der Waals surface area contributed by atoms with Gasteiger partial charge < -0.3 is 10.4 Å². The van der Waals surface area contributed by atoms with Crippen LogP contribution in [0.3, 0.4) is 0 Å². The zero-order valence-corrected chi connectivity index (χ0v) is 11.1. The van der Waals surface area contributed by atoms with Gasteiger partial charge in [-0.25, -0.2) is 0 Å². The van der Waals surface area contributed by atoms with Crippen LogP contribution in [0.4, 0.5) is 0 Å². The molecule has 0 amide bonds. The number of aliphatic hydroxyl groups excluding tert-OH is 1. The Balaban J connectivity index is 2.12. The van der Waals surface area contributed by atoms with Crippen LogP contribution in [0.25, 0.3) is 0 Å². The van der Waals surface area contributed by atoms with Crippen LogP contribution in [-0.4, -0.2) is 34.1 Å². The third-order valence-corrected chi connectivity index (χ3v) is 4.01. The first kappa shape index (κ1) is 12.1. The van der Waals surface area contributed by atoms with Gasteiger partial charge in [0.2, 0.25) is 0 Å². The molecule has 0 bridgehead atoms. The van der Waals surface area contributed by atoms with Gasteiger partial charge in [-0.1, -0.05) is 0 Å². The van der Waals surface area contributed by atoms with Crippen molar-refractivity contribution < 1.29 is 5.11 Å². The average molecular weight is 288 g/mol. The lowest BCUT2D eigenvalue weighted by molar-refractivity contribution is 0.101. The zero-order valence-electron chi connectivity index (χ0n) is 9.49. The molecule has 2 atom stereocenters. The van der Waals surface area contributed by atoms with Crippen molar-refractivity contribution in [2.75, 3.05) is 13.7 Å². The molecule has 90 valence electrons. The van der Waals surface area contributed by atoms with Crippen LogP contribution in [-0.2, 0) is 0 Å². The third kappa shape index (κ3) is 2.31. The first-order chi connectivity index (χ1) is 7.69. The molecule has 4 nitrogen and oxygen atoms in total. The van der Waals surface area contributed by atoms with Gasteiger partial charge in [0, 0.05) is 11.7 Å². The second-order valence-electron chi connectivity index (χ2n) is 4.58. The number of aliphatic hydroxyl groups is 1. The summed E-state index contributed by atoms with van der Waals surface area (Å²) in [5.41, 5.74) is -0.124. The predicted molar refractivity (Wildman–Crippen MR) is 66.3 cm³/mol. The van der Waals surface area contributed by atoms with Crippen LogP contribution < -0.4 is 5.32 Å². The van der Waals surface area contributed by atoms with Gasteiger partial charge in [-0.05, 0) is 48.7 Å². The van der Waals surface area contributed by atoms with E-state index in [-0.39, 0.29) is 12.1 Å². The first-order valence-electron chi connectivity index (χ1n) is 5.68. The van der Waals surface area contributed by atoms with Crippen LogP contribution in [0.15, 0.2) is 16.9 Å². The summed E-state index contributed by atoms with van der Waals surface area (Å²) < 4.78 is 3.02. The lowest BCUT2D eigenvalue weighted by Gasteiger charge is -2.39. The lowest BCUT2D eigenvalue weighted by atomic mass is 9.79. The van der Waals surface area contributed by atoms with Crippen molar-refractivity contribution in [2.24, 2.45) is 0 Å². The highest BCUT2D eigenvalue weighted by Gasteiger charge is 2.35. The molecule has 2 rings (SSSR count). The first-order valence-corrected chi connectivity index (χ1v) is 6.48. The van der Waals surface area contributed by atoms with Gasteiger partial charge in [-0.15, -0.1) is 0 Å². The van der Waals surface area contributed by atoms with Crippen molar-refractivity contribution in [3.05, 3.63) is 16.9 Å². The van der Waals surface area contributed by atoms with Gasteiger partial charge in [0.15, 0.2) is 0 Å². The summed E-state index contributed by atoms with van der Waals surface area (Å²) in [7, 11) is 1.93. The zero-order chi connectivity index (χ0) is 11.6. The second kappa shape index (κ2) is 4.85. The van der Waals surface area contributed by atoms with E-state index in [2.05, 4.69) is 26.3 Å². The molecule has 16 heavy (non-hydrogen) atoms. The quantitative estimate of drug-likeness (QED) is 0.890. The van der Waals surface area contributed by atoms with Gasteiger partial charge >= 0.3 is 0 Å². The highest BCUT2D eigenvalue weighted by Crippen LogP contribution is 2.35. The Kier molecular flexibility index (Phi) is 3.66. The van der Waals surface area contributed by atoms with Crippen LogP contribution in [0.5, 0.6) is 0 Å². The number of rotatable bonds is 3. The van der Waals surface area contributed by atoms with E-state index in [1.54, 1.807) is 0 Å². The molecule has 0 spiro atoms. The normalized spacial score (nSPS) is 30.6. The number of likely N-dealkylation sites (N-methyl/N-ethyl adjacent to an activating group) is 1. The molecule has 1 aliphatic carbocycles. The molecule has 0 saturated heterocycles. The van der Waals surface area contributed by atoms with E-state index in [1.165, 1.54) is 0 Å². The molecule has 2 N–H and O–H groups in total. The summed E-state index contributed by atoms with van der Waals surface area (Å²) in [6.07, 6.45) is 8.07. The molecule has 5 heteroatoms. The fourth-order valence-electron chi connectivity index (χ4n) is 2.52. The topological polar surface area (TPSA) is 50.1 Å². The standard InChI is InChI=1S/C11H18BrN3O/c1-13-11(8-16)4-2-3-10(5-11)15-7-9(12)6-14-15/h6-7,10,13,16H,2-5,8H2,1H3. The summed E-state index contributed by atoms with van der Waals surface area (Å²) in [5, 5.41) is 17.1. The largest absolute Gasteiger partial charge is 0.394 e. The Labute approximate surface area is 104 Å². The van der Waals surface area contributed by atoms with Gasteiger partial charge in [0.1, 0.15) is 0 Å². The van der Waals surface area contributed by atoms with E-state index in [0.717, 1.165) is 30.2 Å². The molecule has 0 aromatic carbocycles. The maximum Gasteiger partial charge on any atom is 0.0632 e. The molecular weight excluding hydrogens is 270 g/mol. The van der Waals surface area contributed by atoms with Crippen molar-refractivity contribution in [2.45, 2.75) is 37.3 Å². The molecule has 0 radical (unpaired) electrons. The minimum atomic E-state index is -0.124. The van der Waals surface area contributed by atoms with E-state index in [9.17, 15) is 5.11 Å². The van der Waals surface area contributed by atoms with Crippen LogP contribution in [0, 0.1) is 0 Å². The Bertz CT molecular complexity index is 349. The molecule has 1 saturated carbocycles. The Morgan fingerprint density at radius 1 is 1.75 bits per heavy atom.